The molecule has 9 N–H and O–H groups in total. The molecule has 1 heterocycles. The SMILES string of the molecule is CC(N)C(=O)NC(Cc1cnc[nH]1)C(=O)NC(Cc1ccc(O)cc1)C(=O)NC(C(=O)O)C(C)O. The molecular weight excluding hydrogens is 460 g/mol. The molecule has 13 heteroatoms. The number of amides is 3. The number of H-pyrrole nitrogens is 1. The molecule has 0 fully saturated rings. The molecular formula is C22H30N6O7. The molecule has 1 aromatic carbocycles. The predicted molar refractivity (Wildman–Crippen MR) is 123 cm³/mol. The number of benzene rings is 1. The maximum atomic E-state index is 13.2. The average Bonchev–Trinajstić information content (AvgIpc) is 3.30. The van der Waals surface area contributed by atoms with E-state index in [-0.39, 0.29) is 18.6 Å². The number of imidazole rings is 1. The maximum absolute atomic E-state index is 13.2. The van der Waals surface area contributed by atoms with E-state index in [4.69, 9.17) is 5.73 Å². The zero-order valence-electron chi connectivity index (χ0n) is 19.3. The van der Waals surface area contributed by atoms with Gasteiger partial charge in [0.1, 0.15) is 17.8 Å². The van der Waals surface area contributed by atoms with E-state index >= 15 is 0 Å². The highest BCUT2D eigenvalue weighted by Crippen LogP contribution is 2.12. The highest BCUT2D eigenvalue weighted by Gasteiger charge is 2.32. The van der Waals surface area contributed by atoms with Gasteiger partial charge in [-0.2, -0.15) is 0 Å². The van der Waals surface area contributed by atoms with E-state index in [1.165, 1.54) is 50.6 Å². The first-order valence-electron chi connectivity index (χ1n) is 10.8. The highest BCUT2D eigenvalue weighted by molar-refractivity contribution is 5.94. The smallest absolute Gasteiger partial charge is 0.328 e. The number of carboxylic acids is 1. The Kier molecular flexibility index (Phi) is 9.73. The number of aromatic hydroxyl groups is 1. The summed E-state index contributed by atoms with van der Waals surface area (Å²) >= 11 is 0. The van der Waals surface area contributed by atoms with Gasteiger partial charge in [0.15, 0.2) is 6.04 Å². The molecule has 35 heavy (non-hydrogen) atoms. The van der Waals surface area contributed by atoms with Crippen LogP contribution in [0.5, 0.6) is 5.75 Å². The number of carbonyl (C=O) groups is 4. The van der Waals surface area contributed by atoms with Crippen molar-refractivity contribution in [2.75, 3.05) is 0 Å². The van der Waals surface area contributed by atoms with Crippen LogP contribution in [0, 0.1) is 0 Å². The normalized spacial score (nSPS) is 15.2. The molecule has 0 saturated heterocycles. The Morgan fingerprint density at radius 2 is 1.54 bits per heavy atom. The van der Waals surface area contributed by atoms with Crippen LogP contribution in [0.3, 0.4) is 0 Å². The van der Waals surface area contributed by atoms with Crippen molar-refractivity contribution in [3.05, 3.63) is 48.0 Å². The minimum atomic E-state index is -1.61. The Morgan fingerprint density at radius 1 is 0.971 bits per heavy atom. The third kappa shape index (κ3) is 8.39. The van der Waals surface area contributed by atoms with Crippen LogP contribution in [0.1, 0.15) is 25.1 Å². The zero-order chi connectivity index (χ0) is 26.1. The number of nitrogens with one attached hydrogen (secondary N) is 4. The molecule has 190 valence electrons. The number of aromatic nitrogens is 2. The molecule has 2 aromatic rings. The van der Waals surface area contributed by atoms with E-state index < -0.39 is 54.0 Å². The predicted octanol–water partition coefficient (Wildman–Crippen LogP) is -1.83. The Morgan fingerprint density at radius 3 is 2.06 bits per heavy atom. The Bertz CT molecular complexity index is 1010. The van der Waals surface area contributed by atoms with Crippen molar-refractivity contribution in [1.29, 1.82) is 0 Å². The Hall–Kier alpha value is -3.97. The fourth-order valence-electron chi connectivity index (χ4n) is 3.12. The topological polar surface area (TPSA) is 220 Å². The quantitative estimate of drug-likeness (QED) is 0.167. The van der Waals surface area contributed by atoms with E-state index in [0.717, 1.165) is 0 Å². The van der Waals surface area contributed by atoms with Gasteiger partial charge in [0.2, 0.25) is 17.7 Å². The van der Waals surface area contributed by atoms with E-state index in [0.29, 0.717) is 11.3 Å². The zero-order valence-corrected chi connectivity index (χ0v) is 19.3. The van der Waals surface area contributed by atoms with Crippen LogP contribution < -0.4 is 21.7 Å². The number of aliphatic carboxylic acids is 1. The molecule has 0 aliphatic rings. The van der Waals surface area contributed by atoms with Gasteiger partial charge in [0, 0.05) is 24.7 Å². The minimum absolute atomic E-state index is 0.00271. The summed E-state index contributed by atoms with van der Waals surface area (Å²) < 4.78 is 0. The summed E-state index contributed by atoms with van der Waals surface area (Å²) in [5, 5.41) is 35.8. The van der Waals surface area contributed by atoms with Crippen LogP contribution in [0.15, 0.2) is 36.8 Å². The first-order chi connectivity index (χ1) is 16.5. The van der Waals surface area contributed by atoms with E-state index in [1.807, 2.05) is 0 Å². The number of hydrogen-bond donors (Lipinski definition) is 8. The van der Waals surface area contributed by atoms with Crippen LogP contribution in [0.4, 0.5) is 0 Å². The molecule has 5 unspecified atom stereocenters. The second kappa shape index (κ2) is 12.5. The first kappa shape index (κ1) is 27.3. The van der Waals surface area contributed by atoms with Gasteiger partial charge in [-0.3, -0.25) is 14.4 Å². The maximum Gasteiger partial charge on any atom is 0.328 e. The number of aliphatic hydroxyl groups is 1. The molecule has 0 radical (unpaired) electrons. The second-order valence-corrected chi connectivity index (χ2v) is 8.13. The summed E-state index contributed by atoms with van der Waals surface area (Å²) in [6.07, 6.45) is 1.42. The van der Waals surface area contributed by atoms with E-state index in [2.05, 4.69) is 25.9 Å². The van der Waals surface area contributed by atoms with Crippen molar-refractivity contribution in [3.8, 4) is 5.75 Å². The van der Waals surface area contributed by atoms with Crippen LogP contribution in [0.2, 0.25) is 0 Å². The average molecular weight is 491 g/mol. The van der Waals surface area contributed by atoms with Gasteiger partial charge in [-0.05, 0) is 31.5 Å². The van der Waals surface area contributed by atoms with Gasteiger partial charge in [-0.15, -0.1) is 0 Å². The molecule has 0 bridgehead atoms. The number of carbonyl (C=O) groups excluding carboxylic acids is 3. The lowest BCUT2D eigenvalue weighted by Crippen LogP contribution is -2.59. The molecule has 0 aliphatic heterocycles. The van der Waals surface area contributed by atoms with Gasteiger partial charge < -0.3 is 42.0 Å². The van der Waals surface area contributed by atoms with E-state index in [9.17, 15) is 34.5 Å². The molecule has 5 atom stereocenters. The third-order valence-electron chi connectivity index (χ3n) is 5.08. The van der Waals surface area contributed by atoms with Crippen molar-refractivity contribution in [2.24, 2.45) is 5.73 Å². The van der Waals surface area contributed by atoms with Gasteiger partial charge in [-0.1, -0.05) is 12.1 Å². The number of carboxylic acid groups (broad SMARTS) is 1. The lowest BCUT2D eigenvalue weighted by Gasteiger charge is -2.25. The van der Waals surface area contributed by atoms with Crippen LogP contribution >= 0.6 is 0 Å². The van der Waals surface area contributed by atoms with Crippen LogP contribution in [-0.4, -0.2) is 79.2 Å². The molecule has 0 saturated carbocycles. The lowest BCUT2D eigenvalue weighted by atomic mass is 10.0. The van der Waals surface area contributed by atoms with Crippen molar-refractivity contribution in [3.63, 3.8) is 0 Å². The number of rotatable bonds is 12. The Balaban J connectivity index is 2.28. The number of aliphatic hydroxyl groups excluding tert-OH is 1. The largest absolute Gasteiger partial charge is 0.508 e. The molecule has 3 amide bonds. The number of aromatic amines is 1. The summed E-state index contributed by atoms with van der Waals surface area (Å²) in [7, 11) is 0. The minimum Gasteiger partial charge on any atom is -0.508 e. The summed E-state index contributed by atoms with van der Waals surface area (Å²) in [6.45, 7) is 2.65. The number of phenolic OH excluding ortho intramolecular Hbond substituents is 1. The first-order valence-corrected chi connectivity index (χ1v) is 10.8. The lowest BCUT2D eigenvalue weighted by molar-refractivity contribution is -0.145. The Labute approximate surface area is 201 Å². The fourth-order valence-corrected chi connectivity index (χ4v) is 3.12. The van der Waals surface area contributed by atoms with Crippen molar-refractivity contribution >= 4 is 23.7 Å². The van der Waals surface area contributed by atoms with Crippen molar-refractivity contribution < 1.29 is 34.5 Å². The summed E-state index contributed by atoms with van der Waals surface area (Å²) in [6, 6.07) is 0.944. The van der Waals surface area contributed by atoms with E-state index in [1.54, 1.807) is 0 Å². The van der Waals surface area contributed by atoms with Gasteiger partial charge >= 0.3 is 5.97 Å². The molecule has 1 aromatic heterocycles. The summed E-state index contributed by atoms with van der Waals surface area (Å²) in [5.41, 5.74) is 6.69. The highest BCUT2D eigenvalue weighted by atomic mass is 16.4. The third-order valence-corrected chi connectivity index (χ3v) is 5.08. The van der Waals surface area contributed by atoms with Crippen molar-refractivity contribution in [2.45, 2.75) is 57.0 Å². The molecule has 0 aliphatic carbocycles. The van der Waals surface area contributed by atoms with Crippen molar-refractivity contribution in [1.82, 2.24) is 25.9 Å². The standard InChI is InChI=1S/C22H30N6O7/c1-11(23)19(31)26-17(8-14-9-24-10-25-14)20(32)27-16(7-13-3-5-15(30)6-4-13)21(33)28-18(12(2)29)22(34)35/h3-6,9-12,16-18,29-30H,7-8,23H2,1-2H3,(H,24,25)(H,26,31)(H,27,32)(H,28,33)(H,34,35). The second-order valence-electron chi connectivity index (χ2n) is 8.13. The molecule has 2 rings (SSSR count). The van der Waals surface area contributed by atoms with Crippen LogP contribution in [-0.2, 0) is 32.0 Å². The monoisotopic (exact) mass is 490 g/mol. The van der Waals surface area contributed by atoms with Gasteiger partial charge in [0.05, 0.1) is 18.5 Å². The van der Waals surface area contributed by atoms with Gasteiger partial charge in [0.25, 0.3) is 0 Å². The van der Waals surface area contributed by atoms with Gasteiger partial charge in [-0.25, -0.2) is 9.78 Å². The summed E-state index contributed by atoms with van der Waals surface area (Å²) in [4.78, 5) is 56.4. The molecule has 0 spiro atoms. The number of nitrogens with two attached hydrogens (primary N) is 1. The molecule has 13 nitrogen and oxygen atoms in total. The number of hydrogen-bond acceptors (Lipinski definition) is 8. The van der Waals surface area contributed by atoms with Crippen LogP contribution in [0.25, 0.3) is 0 Å². The fraction of sp³-hybridized carbons (Fsp3) is 0.409. The number of phenols is 1. The summed E-state index contributed by atoms with van der Waals surface area (Å²) in [5.74, 6) is -3.64. The number of nitrogens with zero attached hydrogens (tertiary/aromatic N) is 1.